The van der Waals surface area contributed by atoms with Gasteiger partial charge in [0.2, 0.25) is 5.91 Å². The average molecular weight is 487 g/mol. The Bertz CT molecular complexity index is 1080. The van der Waals surface area contributed by atoms with E-state index in [1.54, 1.807) is 17.7 Å². The Balaban J connectivity index is 1.36. The highest BCUT2D eigenvalue weighted by atomic mass is 79.9. The van der Waals surface area contributed by atoms with E-state index in [9.17, 15) is 4.79 Å². The third kappa shape index (κ3) is 4.08. The van der Waals surface area contributed by atoms with E-state index < -0.39 is 0 Å². The van der Waals surface area contributed by atoms with Crippen LogP contribution in [0.4, 0.5) is 11.5 Å². The van der Waals surface area contributed by atoms with Crippen LogP contribution in [0.3, 0.4) is 0 Å². The zero-order valence-electron chi connectivity index (χ0n) is 16.6. The first-order valence-corrected chi connectivity index (χ1v) is 11.9. The molecule has 5 rings (SSSR count). The van der Waals surface area contributed by atoms with Gasteiger partial charge in [-0.3, -0.25) is 4.79 Å². The summed E-state index contributed by atoms with van der Waals surface area (Å²) in [6, 6.07) is 8.08. The number of fused-ring (bicyclic) bond motifs is 3. The van der Waals surface area contributed by atoms with E-state index in [0.717, 1.165) is 58.5 Å². The maximum absolute atomic E-state index is 12.7. The van der Waals surface area contributed by atoms with E-state index in [4.69, 9.17) is 4.74 Å². The molecule has 2 aliphatic rings. The van der Waals surface area contributed by atoms with Gasteiger partial charge in [0.15, 0.2) is 0 Å². The van der Waals surface area contributed by atoms with Gasteiger partial charge < -0.3 is 15.0 Å². The topological polar surface area (TPSA) is 67.4 Å². The number of carbonyl (C=O) groups excluding carboxylic acids is 1. The van der Waals surface area contributed by atoms with Crippen LogP contribution in [0, 0.1) is 5.92 Å². The van der Waals surface area contributed by atoms with Gasteiger partial charge in [-0.05, 0) is 48.9 Å². The summed E-state index contributed by atoms with van der Waals surface area (Å²) in [4.78, 5) is 26.1. The lowest BCUT2D eigenvalue weighted by Gasteiger charge is -2.29. The number of morpholine rings is 1. The standard InChI is InChI=1S/C22H23BrN4O2S/c23-15-2-1-3-16(12-15)26-21-20-17-5-4-14(10-18(17)30-22(20)25-13-24-21)11-19(28)27-6-8-29-9-7-27/h1-3,12-14H,4-11H2,(H,24,25,26). The Kier molecular flexibility index (Phi) is 5.71. The summed E-state index contributed by atoms with van der Waals surface area (Å²) in [5.74, 6) is 1.53. The molecule has 1 aliphatic heterocycles. The van der Waals surface area contributed by atoms with Crippen LogP contribution in [0.1, 0.15) is 23.3 Å². The summed E-state index contributed by atoms with van der Waals surface area (Å²) < 4.78 is 6.39. The molecule has 1 aliphatic carbocycles. The number of aryl methyl sites for hydroxylation is 1. The number of carbonyl (C=O) groups is 1. The molecule has 1 aromatic carbocycles. The van der Waals surface area contributed by atoms with Crippen molar-refractivity contribution >= 4 is 54.9 Å². The van der Waals surface area contributed by atoms with Crippen molar-refractivity contribution in [1.29, 1.82) is 0 Å². The van der Waals surface area contributed by atoms with Gasteiger partial charge in [-0.1, -0.05) is 22.0 Å². The highest BCUT2D eigenvalue weighted by Crippen LogP contribution is 2.41. The Morgan fingerprint density at radius 3 is 3.00 bits per heavy atom. The smallest absolute Gasteiger partial charge is 0.223 e. The molecule has 3 heterocycles. The SMILES string of the molecule is O=C(CC1CCc2c(sc3ncnc(Nc4cccc(Br)c4)c23)C1)N1CCOCC1. The fourth-order valence-electron chi connectivity index (χ4n) is 4.34. The van der Waals surface area contributed by atoms with Gasteiger partial charge in [-0.25, -0.2) is 9.97 Å². The van der Waals surface area contributed by atoms with Crippen molar-refractivity contribution in [3.63, 3.8) is 0 Å². The van der Waals surface area contributed by atoms with E-state index in [-0.39, 0.29) is 5.91 Å². The van der Waals surface area contributed by atoms with Crippen molar-refractivity contribution in [1.82, 2.24) is 14.9 Å². The second-order valence-corrected chi connectivity index (χ2v) is 9.85. The number of hydrogen-bond donors (Lipinski definition) is 1. The largest absolute Gasteiger partial charge is 0.378 e. The lowest BCUT2D eigenvalue weighted by atomic mass is 9.85. The quantitative estimate of drug-likeness (QED) is 0.585. The zero-order chi connectivity index (χ0) is 20.5. The van der Waals surface area contributed by atoms with Gasteiger partial charge >= 0.3 is 0 Å². The predicted molar refractivity (Wildman–Crippen MR) is 122 cm³/mol. The minimum absolute atomic E-state index is 0.268. The van der Waals surface area contributed by atoms with Crippen LogP contribution >= 0.6 is 27.3 Å². The minimum atomic E-state index is 0.268. The third-order valence-electron chi connectivity index (χ3n) is 5.86. The van der Waals surface area contributed by atoms with Crippen LogP contribution in [0.2, 0.25) is 0 Å². The number of amides is 1. The number of ether oxygens (including phenoxy) is 1. The average Bonchev–Trinajstić information content (AvgIpc) is 3.13. The lowest BCUT2D eigenvalue weighted by Crippen LogP contribution is -2.41. The van der Waals surface area contributed by atoms with Crippen LogP contribution < -0.4 is 5.32 Å². The molecule has 1 fully saturated rings. The minimum Gasteiger partial charge on any atom is -0.378 e. The molecular formula is C22H23BrN4O2S. The zero-order valence-corrected chi connectivity index (χ0v) is 19.0. The number of thiophene rings is 1. The molecule has 1 amide bonds. The number of hydrogen-bond acceptors (Lipinski definition) is 6. The molecule has 6 nitrogen and oxygen atoms in total. The second-order valence-electron chi connectivity index (χ2n) is 7.85. The maximum Gasteiger partial charge on any atom is 0.223 e. The number of rotatable bonds is 4. The number of aromatic nitrogens is 2. The number of nitrogens with zero attached hydrogens (tertiary/aromatic N) is 3. The van der Waals surface area contributed by atoms with Crippen LogP contribution in [-0.4, -0.2) is 47.1 Å². The molecule has 1 atom stereocenters. The summed E-state index contributed by atoms with van der Waals surface area (Å²) in [5.41, 5.74) is 2.34. The van der Waals surface area contributed by atoms with Crippen molar-refractivity contribution in [2.75, 3.05) is 31.6 Å². The van der Waals surface area contributed by atoms with Gasteiger partial charge in [0.1, 0.15) is 17.0 Å². The third-order valence-corrected chi connectivity index (χ3v) is 7.52. The van der Waals surface area contributed by atoms with Crippen molar-refractivity contribution < 1.29 is 9.53 Å². The molecule has 2 aromatic heterocycles. The summed E-state index contributed by atoms with van der Waals surface area (Å²) in [6.07, 6.45) is 5.20. The monoisotopic (exact) mass is 486 g/mol. The first-order chi connectivity index (χ1) is 14.7. The Labute approximate surface area is 187 Å². The van der Waals surface area contributed by atoms with Gasteiger partial charge in [0, 0.05) is 34.5 Å². The Morgan fingerprint density at radius 1 is 1.30 bits per heavy atom. The van der Waals surface area contributed by atoms with E-state index in [1.165, 1.54) is 10.4 Å². The molecule has 0 bridgehead atoms. The van der Waals surface area contributed by atoms with Crippen molar-refractivity contribution in [3.8, 4) is 0 Å². The van der Waals surface area contributed by atoms with Crippen molar-refractivity contribution in [2.45, 2.75) is 25.7 Å². The number of halogens is 1. The maximum atomic E-state index is 12.7. The van der Waals surface area contributed by atoms with Gasteiger partial charge in [-0.15, -0.1) is 11.3 Å². The summed E-state index contributed by atoms with van der Waals surface area (Å²) in [5, 5.41) is 4.60. The molecule has 8 heteroatoms. The molecular weight excluding hydrogens is 464 g/mol. The molecule has 1 N–H and O–H groups in total. The van der Waals surface area contributed by atoms with Gasteiger partial charge in [0.25, 0.3) is 0 Å². The molecule has 1 unspecified atom stereocenters. The van der Waals surface area contributed by atoms with Crippen molar-refractivity contribution in [3.05, 3.63) is 45.5 Å². The summed E-state index contributed by atoms with van der Waals surface area (Å²) in [7, 11) is 0. The first-order valence-electron chi connectivity index (χ1n) is 10.3. The van der Waals surface area contributed by atoms with E-state index in [0.29, 0.717) is 25.6 Å². The van der Waals surface area contributed by atoms with E-state index in [1.807, 2.05) is 29.2 Å². The number of nitrogens with one attached hydrogen (secondary N) is 1. The van der Waals surface area contributed by atoms with Crippen LogP contribution in [0.15, 0.2) is 35.1 Å². The van der Waals surface area contributed by atoms with Crippen LogP contribution in [0.25, 0.3) is 10.2 Å². The highest BCUT2D eigenvalue weighted by molar-refractivity contribution is 9.10. The van der Waals surface area contributed by atoms with E-state index in [2.05, 4.69) is 31.2 Å². The number of anilines is 2. The Morgan fingerprint density at radius 2 is 2.17 bits per heavy atom. The predicted octanol–water partition coefficient (Wildman–Crippen LogP) is 4.55. The van der Waals surface area contributed by atoms with E-state index >= 15 is 0 Å². The van der Waals surface area contributed by atoms with Crippen molar-refractivity contribution in [2.24, 2.45) is 5.92 Å². The summed E-state index contributed by atoms with van der Waals surface area (Å²) in [6.45, 7) is 2.76. The fraction of sp³-hybridized carbons (Fsp3) is 0.409. The highest BCUT2D eigenvalue weighted by Gasteiger charge is 2.28. The second kappa shape index (κ2) is 8.61. The molecule has 0 spiro atoms. The Hall–Kier alpha value is -2.03. The van der Waals surface area contributed by atoms with Crippen LogP contribution in [0.5, 0.6) is 0 Å². The lowest BCUT2D eigenvalue weighted by molar-refractivity contribution is -0.136. The molecule has 156 valence electrons. The molecule has 1 saturated heterocycles. The van der Waals surface area contributed by atoms with Crippen LogP contribution in [-0.2, 0) is 22.4 Å². The van der Waals surface area contributed by atoms with Gasteiger partial charge in [0.05, 0.1) is 18.6 Å². The first kappa shape index (κ1) is 19.9. The molecule has 30 heavy (non-hydrogen) atoms. The fourth-order valence-corrected chi connectivity index (χ4v) is 6.04. The molecule has 3 aromatic rings. The number of benzene rings is 1. The molecule has 0 radical (unpaired) electrons. The summed E-state index contributed by atoms with van der Waals surface area (Å²) >= 11 is 5.27. The van der Waals surface area contributed by atoms with Gasteiger partial charge in [-0.2, -0.15) is 0 Å². The molecule has 0 saturated carbocycles. The normalized spacial score (nSPS) is 19.0.